The third kappa shape index (κ3) is 6.39. The van der Waals surface area contributed by atoms with Gasteiger partial charge >= 0.3 is 0 Å². The molecule has 0 fully saturated rings. The Labute approximate surface area is 125 Å². The van der Waals surface area contributed by atoms with Crippen molar-refractivity contribution in [2.45, 2.75) is 20.3 Å². The van der Waals surface area contributed by atoms with E-state index in [-0.39, 0.29) is 5.91 Å². The Balaban J connectivity index is 2.24. The van der Waals surface area contributed by atoms with Gasteiger partial charge in [0.05, 0.1) is 31.5 Å². The molecule has 0 spiro atoms. The van der Waals surface area contributed by atoms with Crippen molar-refractivity contribution in [3.63, 3.8) is 0 Å². The molecule has 21 heavy (non-hydrogen) atoms. The van der Waals surface area contributed by atoms with Crippen molar-refractivity contribution in [2.24, 2.45) is 0 Å². The maximum Gasteiger partial charge on any atom is 0.251 e. The number of amides is 1. The summed E-state index contributed by atoms with van der Waals surface area (Å²) < 4.78 is 10.6. The van der Waals surface area contributed by atoms with Crippen LogP contribution in [-0.4, -0.2) is 38.9 Å². The molecule has 5 heteroatoms. The Hall–Kier alpha value is -1.90. The average Bonchev–Trinajstić information content (AvgIpc) is 2.50. The van der Waals surface area contributed by atoms with Gasteiger partial charge in [-0.1, -0.05) is 13.0 Å². The van der Waals surface area contributed by atoms with Gasteiger partial charge in [-0.3, -0.25) is 4.79 Å². The molecule has 1 rings (SSSR count). The SMILES string of the molecule is CCCOCCOCCNC(=O)c1ccc(C)c(C#N)c1. The molecule has 1 N–H and O–H groups in total. The lowest BCUT2D eigenvalue weighted by atomic mass is 10.1. The van der Waals surface area contributed by atoms with Crippen molar-refractivity contribution in [3.05, 3.63) is 34.9 Å². The number of ether oxygens (including phenoxy) is 2. The number of nitrogens with zero attached hydrogens (tertiary/aromatic N) is 1. The molecule has 0 unspecified atom stereocenters. The fourth-order valence-electron chi connectivity index (χ4n) is 1.69. The molecule has 1 aromatic rings. The van der Waals surface area contributed by atoms with Gasteiger partial charge in [0.25, 0.3) is 5.91 Å². The molecule has 1 aromatic carbocycles. The zero-order valence-electron chi connectivity index (χ0n) is 12.6. The lowest BCUT2D eigenvalue weighted by molar-refractivity contribution is 0.0485. The third-order valence-corrected chi connectivity index (χ3v) is 2.87. The van der Waals surface area contributed by atoms with Crippen LogP contribution in [0.3, 0.4) is 0 Å². The number of hydrogen-bond donors (Lipinski definition) is 1. The summed E-state index contributed by atoms with van der Waals surface area (Å²) in [4.78, 5) is 11.9. The summed E-state index contributed by atoms with van der Waals surface area (Å²) in [6, 6.07) is 7.16. The zero-order chi connectivity index (χ0) is 15.5. The topological polar surface area (TPSA) is 71.3 Å². The first-order valence-corrected chi connectivity index (χ1v) is 7.13. The Morgan fingerprint density at radius 1 is 1.24 bits per heavy atom. The van der Waals surface area contributed by atoms with Crippen molar-refractivity contribution in [1.29, 1.82) is 5.26 Å². The largest absolute Gasteiger partial charge is 0.379 e. The average molecular weight is 290 g/mol. The predicted octanol–water partition coefficient (Wildman–Crippen LogP) is 2.04. The minimum absolute atomic E-state index is 0.197. The summed E-state index contributed by atoms with van der Waals surface area (Å²) >= 11 is 0. The highest BCUT2D eigenvalue weighted by atomic mass is 16.5. The number of benzene rings is 1. The minimum atomic E-state index is -0.197. The van der Waals surface area contributed by atoms with Crippen molar-refractivity contribution < 1.29 is 14.3 Å². The van der Waals surface area contributed by atoms with Crippen LogP contribution >= 0.6 is 0 Å². The Morgan fingerprint density at radius 2 is 1.95 bits per heavy atom. The number of aryl methyl sites for hydroxylation is 1. The van der Waals surface area contributed by atoms with E-state index in [1.165, 1.54) is 0 Å². The second-order valence-corrected chi connectivity index (χ2v) is 4.62. The summed E-state index contributed by atoms with van der Waals surface area (Å²) in [6.45, 7) is 6.62. The zero-order valence-corrected chi connectivity index (χ0v) is 12.6. The predicted molar refractivity (Wildman–Crippen MR) is 80.2 cm³/mol. The molecule has 0 atom stereocenters. The fourth-order valence-corrected chi connectivity index (χ4v) is 1.69. The van der Waals surface area contributed by atoms with Crippen LogP contribution < -0.4 is 5.32 Å². The van der Waals surface area contributed by atoms with E-state index in [0.717, 1.165) is 18.6 Å². The second-order valence-electron chi connectivity index (χ2n) is 4.62. The molecule has 0 aliphatic heterocycles. The first-order valence-electron chi connectivity index (χ1n) is 7.13. The van der Waals surface area contributed by atoms with E-state index in [1.54, 1.807) is 18.2 Å². The summed E-state index contributed by atoms with van der Waals surface area (Å²) in [5.74, 6) is -0.197. The molecular formula is C16H22N2O3. The molecule has 0 radical (unpaired) electrons. The summed E-state index contributed by atoms with van der Waals surface area (Å²) in [5.41, 5.74) is 1.87. The van der Waals surface area contributed by atoms with Crippen LogP contribution in [0.4, 0.5) is 0 Å². The molecule has 0 saturated heterocycles. The van der Waals surface area contributed by atoms with Gasteiger partial charge in [0.15, 0.2) is 0 Å². The number of nitrogens with one attached hydrogen (secondary N) is 1. The van der Waals surface area contributed by atoms with Crippen LogP contribution in [0.5, 0.6) is 0 Å². The Kier molecular flexibility index (Phi) is 8.10. The molecule has 0 bridgehead atoms. The van der Waals surface area contributed by atoms with E-state index in [0.29, 0.717) is 37.5 Å². The molecular weight excluding hydrogens is 268 g/mol. The molecule has 0 aliphatic rings. The Morgan fingerprint density at radius 3 is 2.62 bits per heavy atom. The first kappa shape index (κ1) is 17.2. The fraction of sp³-hybridized carbons (Fsp3) is 0.500. The maximum absolute atomic E-state index is 11.9. The number of carbonyl (C=O) groups excluding carboxylic acids is 1. The number of hydrogen-bond acceptors (Lipinski definition) is 4. The van der Waals surface area contributed by atoms with E-state index < -0.39 is 0 Å². The van der Waals surface area contributed by atoms with Crippen molar-refractivity contribution in [3.8, 4) is 6.07 Å². The second kappa shape index (κ2) is 9.92. The first-order chi connectivity index (χ1) is 10.2. The van der Waals surface area contributed by atoms with Crippen molar-refractivity contribution in [1.82, 2.24) is 5.32 Å². The van der Waals surface area contributed by atoms with E-state index in [2.05, 4.69) is 18.3 Å². The smallest absolute Gasteiger partial charge is 0.251 e. The standard InChI is InChI=1S/C16H22N2O3/c1-3-7-20-9-10-21-8-6-18-16(19)14-5-4-13(2)15(11-14)12-17/h4-5,11H,3,6-10H2,1-2H3,(H,18,19). The van der Waals surface area contributed by atoms with E-state index in [9.17, 15) is 4.79 Å². The van der Waals surface area contributed by atoms with Crippen LogP contribution in [0.1, 0.15) is 34.8 Å². The van der Waals surface area contributed by atoms with Gasteiger partial charge in [-0.2, -0.15) is 5.26 Å². The van der Waals surface area contributed by atoms with Crippen molar-refractivity contribution >= 4 is 5.91 Å². The van der Waals surface area contributed by atoms with Gasteiger partial charge in [-0.15, -0.1) is 0 Å². The van der Waals surface area contributed by atoms with Gasteiger partial charge < -0.3 is 14.8 Å². The van der Waals surface area contributed by atoms with Gasteiger partial charge in [0.1, 0.15) is 0 Å². The Bertz CT molecular complexity index is 495. The number of rotatable bonds is 9. The minimum Gasteiger partial charge on any atom is -0.379 e. The van der Waals surface area contributed by atoms with Gasteiger partial charge in [-0.05, 0) is 31.0 Å². The van der Waals surface area contributed by atoms with Crippen LogP contribution in [0.25, 0.3) is 0 Å². The van der Waals surface area contributed by atoms with Gasteiger partial charge in [-0.25, -0.2) is 0 Å². The summed E-state index contributed by atoms with van der Waals surface area (Å²) in [6.07, 6.45) is 0.997. The van der Waals surface area contributed by atoms with E-state index >= 15 is 0 Å². The monoisotopic (exact) mass is 290 g/mol. The lowest BCUT2D eigenvalue weighted by Gasteiger charge is -2.07. The molecule has 0 aromatic heterocycles. The van der Waals surface area contributed by atoms with Crippen molar-refractivity contribution in [2.75, 3.05) is 33.0 Å². The van der Waals surface area contributed by atoms with Crippen LogP contribution in [0, 0.1) is 18.3 Å². The highest BCUT2D eigenvalue weighted by molar-refractivity contribution is 5.94. The third-order valence-electron chi connectivity index (χ3n) is 2.87. The summed E-state index contributed by atoms with van der Waals surface area (Å²) in [7, 11) is 0. The molecule has 5 nitrogen and oxygen atoms in total. The quantitative estimate of drug-likeness (QED) is 0.706. The molecule has 114 valence electrons. The van der Waals surface area contributed by atoms with E-state index in [4.69, 9.17) is 14.7 Å². The highest BCUT2D eigenvalue weighted by Crippen LogP contribution is 2.09. The van der Waals surface area contributed by atoms with Crippen LogP contribution in [0.2, 0.25) is 0 Å². The van der Waals surface area contributed by atoms with Gasteiger partial charge in [0.2, 0.25) is 0 Å². The summed E-state index contributed by atoms with van der Waals surface area (Å²) in [5, 5.41) is 11.7. The van der Waals surface area contributed by atoms with Gasteiger partial charge in [0, 0.05) is 18.7 Å². The lowest BCUT2D eigenvalue weighted by Crippen LogP contribution is -2.27. The normalized spacial score (nSPS) is 10.1. The molecule has 0 heterocycles. The number of carbonyl (C=O) groups is 1. The highest BCUT2D eigenvalue weighted by Gasteiger charge is 2.07. The number of nitriles is 1. The van der Waals surface area contributed by atoms with Crippen LogP contribution in [0.15, 0.2) is 18.2 Å². The molecule has 1 amide bonds. The molecule has 0 saturated carbocycles. The molecule has 0 aliphatic carbocycles. The maximum atomic E-state index is 11.9. The van der Waals surface area contributed by atoms with Crippen LogP contribution in [-0.2, 0) is 9.47 Å². The van der Waals surface area contributed by atoms with E-state index in [1.807, 2.05) is 6.92 Å².